The van der Waals surface area contributed by atoms with E-state index in [0.717, 1.165) is 36.5 Å². The van der Waals surface area contributed by atoms with Gasteiger partial charge in [0.15, 0.2) is 0 Å². The van der Waals surface area contributed by atoms with E-state index in [1.807, 2.05) is 6.07 Å². The van der Waals surface area contributed by atoms with Gasteiger partial charge in [0, 0.05) is 101 Å². The van der Waals surface area contributed by atoms with Crippen LogP contribution in [-0.2, 0) is 37.3 Å². The highest BCUT2D eigenvalue weighted by Gasteiger charge is 2.64. The SMILES string of the molecule is CC(C)(C)C[C@@H]1N[C@@H](C(=O)NC23CCC(C(=O)N4CCC[C@@]5(C[C@H]5C#Cc5cccc6c5CN(C5CCC(=O)NC5=O)C6=O)C4)(CC2)CC3)[C@H](c2cccc(Cl)c2F)[C@]12CNc1cc(C(F)(F)F)ncc12. The minimum Gasteiger partial charge on any atom is -0.384 e. The van der Waals surface area contributed by atoms with E-state index in [9.17, 15) is 32.3 Å². The average molecular weight is 997 g/mol. The maximum absolute atomic E-state index is 16.4. The number of amides is 5. The number of halogens is 5. The zero-order valence-corrected chi connectivity index (χ0v) is 40.8. The van der Waals surface area contributed by atoms with E-state index in [2.05, 4.69) is 63.8 Å². The van der Waals surface area contributed by atoms with E-state index >= 15 is 9.18 Å². The highest BCUT2D eigenvalue weighted by Crippen LogP contribution is 2.60. The summed E-state index contributed by atoms with van der Waals surface area (Å²) in [6.07, 6.45) is 3.87. The van der Waals surface area contributed by atoms with Gasteiger partial charge in [0.05, 0.1) is 11.1 Å². The number of nitrogens with one attached hydrogen (secondary N) is 4. The molecule has 12 nitrogen and oxygen atoms in total. The number of nitrogens with zero attached hydrogens (tertiary/aromatic N) is 3. The van der Waals surface area contributed by atoms with E-state index in [4.69, 9.17) is 11.6 Å². The number of piperidine rings is 2. The first-order valence-electron chi connectivity index (χ1n) is 25.1. The topological polar surface area (TPSA) is 153 Å². The Kier molecular flexibility index (Phi) is 11.3. The minimum absolute atomic E-state index is 0.0908. The number of benzene rings is 2. The highest BCUT2D eigenvalue weighted by molar-refractivity contribution is 6.30. The highest BCUT2D eigenvalue weighted by atomic mass is 35.5. The van der Waals surface area contributed by atoms with Gasteiger partial charge in [-0.3, -0.25) is 34.3 Å². The van der Waals surface area contributed by atoms with Crippen molar-refractivity contribution in [1.29, 1.82) is 0 Å². The van der Waals surface area contributed by atoms with Crippen molar-refractivity contribution in [2.24, 2.45) is 22.2 Å². The summed E-state index contributed by atoms with van der Waals surface area (Å²) in [5.41, 5.74) is -0.664. The molecule has 3 saturated heterocycles. The van der Waals surface area contributed by atoms with Crippen LogP contribution in [-0.4, -0.2) is 87.6 Å². The monoisotopic (exact) mass is 995 g/mol. The Bertz CT molecular complexity index is 2830. The number of likely N-dealkylation sites (tertiary alicyclic amines) is 1. The Morgan fingerprint density at radius 1 is 1.00 bits per heavy atom. The molecule has 0 radical (unpaired) electrons. The predicted octanol–water partition coefficient (Wildman–Crippen LogP) is 7.77. The predicted molar refractivity (Wildman–Crippen MR) is 255 cm³/mol. The number of hydrogen-bond donors (Lipinski definition) is 4. The molecule has 12 rings (SSSR count). The van der Waals surface area contributed by atoms with Gasteiger partial charge in [0.2, 0.25) is 23.6 Å². The Labute approximate surface area is 415 Å². The van der Waals surface area contributed by atoms with E-state index in [1.54, 1.807) is 24.3 Å². The van der Waals surface area contributed by atoms with Crippen molar-refractivity contribution in [3.8, 4) is 11.8 Å². The third kappa shape index (κ3) is 7.99. The zero-order valence-electron chi connectivity index (χ0n) is 40.1. The Balaban J connectivity index is 0.786. The van der Waals surface area contributed by atoms with Crippen molar-refractivity contribution in [3.05, 3.63) is 93.0 Å². The maximum atomic E-state index is 16.4. The van der Waals surface area contributed by atoms with Crippen LogP contribution in [0.1, 0.15) is 142 Å². The zero-order chi connectivity index (χ0) is 50.0. The number of carbonyl (C=O) groups is 5. The van der Waals surface area contributed by atoms with Crippen LogP contribution in [0.2, 0.25) is 5.02 Å². The molecular formula is C54H58ClF4N7O5. The van der Waals surface area contributed by atoms with Crippen LogP contribution in [0.25, 0.3) is 0 Å². The normalized spacial score (nSPS) is 32.8. The van der Waals surface area contributed by atoms with Gasteiger partial charge in [0.25, 0.3) is 5.91 Å². The molecule has 2 aromatic carbocycles. The third-order valence-electron chi connectivity index (χ3n) is 17.7. The smallest absolute Gasteiger partial charge is 0.384 e. The van der Waals surface area contributed by atoms with Crippen molar-refractivity contribution >= 4 is 46.8 Å². The first-order valence-corrected chi connectivity index (χ1v) is 25.4. The second-order valence-electron chi connectivity index (χ2n) is 23.1. The van der Waals surface area contributed by atoms with Crippen LogP contribution >= 0.6 is 11.6 Å². The summed E-state index contributed by atoms with van der Waals surface area (Å²) in [7, 11) is 0. The fraction of sp³-hybridized carbons (Fsp3) is 0.556. The number of hydrogen-bond acceptors (Lipinski definition) is 8. The number of carbonyl (C=O) groups excluding carboxylic acids is 5. The number of anilines is 1. The molecule has 1 unspecified atom stereocenters. The first kappa shape index (κ1) is 47.8. The largest absolute Gasteiger partial charge is 0.433 e. The van der Waals surface area contributed by atoms with Crippen molar-refractivity contribution in [3.63, 3.8) is 0 Å². The molecule has 71 heavy (non-hydrogen) atoms. The Morgan fingerprint density at radius 3 is 2.46 bits per heavy atom. The van der Waals surface area contributed by atoms with E-state index in [-0.39, 0.29) is 82.6 Å². The molecule has 4 aliphatic carbocycles. The molecule has 4 saturated carbocycles. The molecule has 1 aromatic heterocycles. The second kappa shape index (κ2) is 16.8. The van der Waals surface area contributed by atoms with Gasteiger partial charge >= 0.3 is 6.18 Å². The van der Waals surface area contributed by atoms with Crippen molar-refractivity contribution in [2.45, 2.75) is 146 Å². The number of pyridine rings is 1. The molecule has 7 atom stereocenters. The van der Waals surface area contributed by atoms with E-state index < -0.39 is 64.0 Å². The fourth-order valence-corrected chi connectivity index (χ4v) is 14.1. The Morgan fingerprint density at radius 2 is 1.75 bits per heavy atom. The maximum Gasteiger partial charge on any atom is 0.433 e. The summed E-state index contributed by atoms with van der Waals surface area (Å²) in [6.45, 7) is 7.86. The summed E-state index contributed by atoms with van der Waals surface area (Å²) in [5, 5.41) is 12.5. The third-order valence-corrected chi connectivity index (χ3v) is 18.0. The fourth-order valence-electron chi connectivity index (χ4n) is 13.9. The molecule has 6 heterocycles. The second-order valence-corrected chi connectivity index (χ2v) is 23.5. The van der Waals surface area contributed by atoms with Gasteiger partial charge in [-0.1, -0.05) is 62.4 Å². The van der Waals surface area contributed by atoms with Crippen LogP contribution in [0.15, 0.2) is 48.7 Å². The summed E-state index contributed by atoms with van der Waals surface area (Å²) in [5.74, 6) is 4.23. The summed E-state index contributed by atoms with van der Waals surface area (Å²) in [6, 6.07) is 8.99. The van der Waals surface area contributed by atoms with Crippen molar-refractivity contribution < 1.29 is 41.5 Å². The number of aromatic nitrogens is 1. The van der Waals surface area contributed by atoms with Crippen molar-refractivity contribution in [2.75, 3.05) is 25.0 Å². The van der Waals surface area contributed by atoms with E-state index in [0.29, 0.717) is 69.2 Å². The lowest BCUT2D eigenvalue weighted by Crippen LogP contribution is -2.62. The van der Waals surface area contributed by atoms with Crippen LogP contribution in [0.3, 0.4) is 0 Å². The van der Waals surface area contributed by atoms with Gasteiger partial charge in [-0.25, -0.2) is 4.39 Å². The van der Waals surface area contributed by atoms with Crippen molar-refractivity contribution in [1.82, 2.24) is 30.7 Å². The minimum atomic E-state index is -4.68. The van der Waals surface area contributed by atoms with Gasteiger partial charge in [-0.15, -0.1) is 0 Å². The number of imide groups is 1. The number of fused-ring (bicyclic) bond motifs is 6. The Hall–Kier alpha value is -5.53. The molecule has 2 bridgehead atoms. The number of rotatable bonds is 6. The molecule has 5 aliphatic heterocycles. The quantitative estimate of drug-likeness (QED) is 0.111. The standard InChI is InChI=1S/C54H58ClF4N7O5/c1-49(2,3)25-40-53(28-61-37-23-39(54(57,58)59)60-26-35(37)53)42(33-9-5-10-36(55)43(33)56)44(62-40)46(69)64-52-19-16-50(17-20-52,18-21-52)48(71)65-22-6-15-51(29-65)24-31(51)12-11-30-7-4-8-32-34(30)27-66(47(32)70)38-13-14-41(67)63-45(38)68/h4-5,7-10,23,26,31,38,40,42,44,61-62H,6,13-22,24-25,27-29H2,1-3H3,(H,64,69)(H,63,67,68)/t31-,38?,40+,42+,44-,50?,51-,52?,53+/m1/s1. The van der Waals surface area contributed by atoms with Crippen LogP contribution in [0.4, 0.5) is 23.2 Å². The summed E-state index contributed by atoms with van der Waals surface area (Å²) >= 11 is 6.43. The molecule has 4 N–H and O–H groups in total. The van der Waals surface area contributed by atoms with Gasteiger partial charge in [-0.05, 0) is 111 Å². The average Bonchev–Trinajstić information content (AvgIpc) is 3.55. The molecule has 9 aliphatic rings. The van der Waals surface area contributed by atoms with Gasteiger partial charge < -0.3 is 25.8 Å². The first-order chi connectivity index (χ1) is 33.6. The molecule has 5 amide bonds. The molecule has 7 fully saturated rings. The van der Waals surface area contributed by atoms with Crippen LogP contribution in [0, 0.1) is 39.8 Å². The summed E-state index contributed by atoms with van der Waals surface area (Å²) < 4.78 is 58.3. The van der Waals surface area contributed by atoms with Crippen LogP contribution in [0.5, 0.6) is 0 Å². The van der Waals surface area contributed by atoms with Gasteiger partial charge in [-0.2, -0.15) is 13.2 Å². The lowest BCUT2D eigenvalue weighted by Gasteiger charge is -2.54. The van der Waals surface area contributed by atoms with E-state index in [1.165, 1.54) is 17.2 Å². The molecule has 374 valence electrons. The summed E-state index contributed by atoms with van der Waals surface area (Å²) in [4.78, 5) is 75.1. The molecule has 17 heteroatoms. The molecular weight excluding hydrogens is 938 g/mol. The lowest BCUT2D eigenvalue weighted by molar-refractivity contribution is -0.153. The number of alkyl halides is 3. The molecule has 2 spiro atoms. The van der Waals surface area contributed by atoms with Gasteiger partial charge in [0.1, 0.15) is 17.6 Å². The molecule has 3 aromatic rings. The van der Waals surface area contributed by atoms with Crippen LogP contribution < -0.4 is 21.3 Å². The lowest BCUT2D eigenvalue weighted by atomic mass is 9.56.